The molecular weight excluding hydrogens is 310 g/mol. The minimum atomic E-state index is -0.0630. The van der Waals surface area contributed by atoms with Gasteiger partial charge in [0.05, 0.1) is 6.20 Å². The Morgan fingerprint density at radius 1 is 1.13 bits per heavy atom. The van der Waals surface area contributed by atoms with Gasteiger partial charge in [0, 0.05) is 34.8 Å². The molecule has 6 nitrogen and oxygen atoms in total. The summed E-state index contributed by atoms with van der Waals surface area (Å²) >= 11 is 1.51. The monoisotopic (exact) mass is 327 g/mol. The van der Waals surface area contributed by atoms with Gasteiger partial charge < -0.3 is 9.73 Å². The molecule has 0 saturated heterocycles. The van der Waals surface area contributed by atoms with Crippen LogP contribution in [0.2, 0.25) is 0 Å². The second kappa shape index (κ2) is 6.29. The zero-order valence-corrected chi connectivity index (χ0v) is 14.0. The Balaban J connectivity index is 1.81. The summed E-state index contributed by atoms with van der Waals surface area (Å²) in [6, 6.07) is 0. The standard InChI is InChI=1S/C16H17N5OS/c1-16(2,3)12-9-19-13(22-12)5-4-11-8-17-10-20-14(11)21-15-18-6-7-23-15/h4-10H,1-3H3,(H,17,18,20,21)/b5-4+. The number of thiazole rings is 1. The van der Waals surface area contributed by atoms with Crippen molar-refractivity contribution in [2.24, 2.45) is 0 Å². The second-order valence-electron chi connectivity index (χ2n) is 5.94. The molecule has 0 radical (unpaired) electrons. The Hall–Kier alpha value is -2.54. The van der Waals surface area contributed by atoms with Gasteiger partial charge in [-0.1, -0.05) is 20.8 Å². The van der Waals surface area contributed by atoms with Crippen LogP contribution in [0.25, 0.3) is 12.2 Å². The predicted molar refractivity (Wildman–Crippen MR) is 91.6 cm³/mol. The summed E-state index contributed by atoms with van der Waals surface area (Å²) in [7, 11) is 0. The zero-order valence-electron chi connectivity index (χ0n) is 13.1. The minimum absolute atomic E-state index is 0.0630. The fraction of sp³-hybridized carbons (Fsp3) is 0.250. The van der Waals surface area contributed by atoms with E-state index in [1.165, 1.54) is 17.7 Å². The summed E-state index contributed by atoms with van der Waals surface area (Å²) in [5.74, 6) is 2.09. The Morgan fingerprint density at radius 3 is 2.70 bits per heavy atom. The molecule has 3 aromatic rings. The van der Waals surface area contributed by atoms with E-state index in [0.29, 0.717) is 11.7 Å². The molecule has 0 bridgehead atoms. The topological polar surface area (TPSA) is 76.7 Å². The molecule has 3 heterocycles. The highest BCUT2D eigenvalue weighted by atomic mass is 32.1. The predicted octanol–water partition coefficient (Wildman–Crippen LogP) is 4.13. The Bertz CT molecular complexity index is 802. The number of aromatic nitrogens is 4. The van der Waals surface area contributed by atoms with E-state index >= 15 is 0 Å². The first kappa shape index (κ1) is 15.4. The SMILES string of the molecule is CC(C)(C)c1cnc(/C=C/c2cncnc2Nc2nccs2)o1. The summed E-state index contributed by atoms with van der Waals surface area (Å²) < 4.78 is 5.75. The maximum absolute atomic E-state index is 5.75. The van der Waals surface area contributed by atoms with Crippen LogP contribution in [0.1, 0.15) is 38.0 Å². The number of nitrogens with one attached hydrogen (secondary N) is 1. The smallest absolute Gasteiger partial charge is 0.218 e. The van der Waals surface area contributed by atoms with Crippen LogP contribution in [0.5, 0.6) is 0 Å². The number of anilines is 2. The van der Waals surface area contributed by atoms with Crippen LogP contribution in [0.4, 0.5) is 10.9 Å². The van der Waals surface area contributed by atoms with E-state index in [1.807, 2.05) is 11.5 Å². The van der Waals surface area contributed by atoms with Crippen molar-refractivity contribution < 1.29 is 4.42 Å². The van der Waals surface area contributed by atoms with Crippen molar-refractivity contribution in [1.29, 1.82) is 0 Å². The van der Waals surface area contributed by atoms with Gasteiger partial charge in [-0.3, -0.25) is 0 Å². The maximum Gasteiger partial charge on any atom is 0.218 e. The lowest BCUT2D eigenvalue weighted by Gasteiger charge is -2.12. The normalized spacial score (nSPS) is 12.0. The van der Waals surface area contributed by atoms with Gasteiger partial charge in [0.15, 0.2) is 5.13 Å². The van der Waals surface area contributed by atoms with Crippen molar-refractivity contribution in [2.45, 2.75) is 26.2 Å². The summed E-state index contributed by atoms with van der Waals surface area (Å²) in [6.07, 6.45) is 10.4. The average molecular weight is 327 g/mol. The first-order chi connectivity index (χ1) is 11.0. The third-order valence-corrected chi connectivity index (χ3v) is 3.75. The van der Waals surface area contributed by atoms with Crippen LogP contribution in [0.15, 0.2) is 34.7 Å². The van der Waals surface area contributed by atoms with E-state index in [0.717, 1.165) is 16.5 Å². The van der Waals surface area contributed by atoms with Crippen LogP contribution in [0.3, 0.4) is 0 Å². The fourth-order valence-corrected chi connectivity index (χ4v) is 2.35. The van der Waals surface area contributed by atoms with Crippen molar-refractivity contribution in [1.82, 2.24) is 19.9 Å². The number of oxazole rings is 1. The second-order valence-corrected chi connectivity index (χ2v) is 6.83. The highest BCUT2D eigenvalue weighted by Crippen LogP contribution is 2.24. The molecular formula is C16H17N5OS. The lowest BCUT2D eigenvalue weighted by molar-refractivity contribution is 0.403. The van der Waals surface area contributed by atoms with E-state index in [1.54, 1.807) is 24.7 Å². The van der Waals surface area contributed by atoms with Crippen molar-refractivity contribution in [3.8, 4) is 0 Å². The van der Waals surface area contributed by atoms with Crippen LogP contribution < -0.4 is 5.32 Å². The molecule has 118 valence electrons. The first-order valence-corrected chi connectivity index (χ1v) is 8.01. The van der Waals surface area contributed by atoms with Crippen LogP contribution >= 0.6 is 11.3 Å². The molecule has 0 amide bonds. The van der Waals surface area contributed by atoms with Gasteiger partial charge >= 0.3 is 0 Å². The van der Waals surface area contributed by atoms with Gasteiger partial charge in [0.2, 0.25) is 5.89 Å². The quantitative estimate of drug-likeness (QED) is 0.776. The largest absolute Gasteiger partial charge is 0.441 e. The Kier molecular flexibility index (Phi) is 4.20. The third-order valence-electron chi connectivity index (χ3n) is 3.07. The summed E-state index contributed by atoms with van der Waals surface area (Å²) in [5.41, 5.74) is 0.769. The van der Waals surface area contributed by atoms with Crippen molar-refractivity contribution >= 4 is 34.4 Å². The molecule has 1 N–H and O–H groups in total. The minimum Gasteiger partial charge on any atom is -0.441 e. The Morgan fingerprint density at radius 2 is 2.00 bits per heavy atom. The number of nitrogens with zero attached hydrogens (tertiary/aromatic N) is 4. The molecule has 0 aliphatic rings. The van der Waals surface area contributed by atoms with Crippen molar-refractivity contribution in [2.75, 3.05) is 5.32 Å². The van der Waals surface area contributed by atoms with Crippen molar-refractivity contribution in [3.05, 3.63) is 47.5 Å². The molecule has 0 fully saturated rings. The van der Waals surface area contributed by atoms with Gasteiger partial charge in [0.1, 0.15) is 17.9 Å². The number of hydrogen-bond acceptors (Lipinski definition) is 7. The summed E-state index contributed by atoms with van der Waals surface area (Å²) in [4.78, 5) is 16.8. The number of rotatable bonds is 4. The molecule has 7 heteroatoms. The van der Waals surface area contributed by atoms with Gasteiger partial charge in [-0.2, -0.15) is 0 Å². The molecule has 0 aromatic carbocycles. The average Bonchev–Trinajstić information content (AvgIpc) is 3.17. The van der Waals surface area contributed by atoms with E-state index in [-0.39, 0.29) is 5.41 Å². The molecule has 0 saturated carbocycles. The van der Waals surface area contributed by atoms with Gasteiger partial charge in [-0.25, -0.2) is 19.9 Å². The van der Waals surface area contributed by atoms with Gasteiger partial charge in [0.25, 0.3) is 0 Å². The van der Waals surface area contributed by atoms with Gasteiger partial charge in [-0.15, -0.1) is 11.3 Å². The fourth-order valence-electron chi connectivity index (χ4n) is 1.83. The zero-order chi connectivity index (χ0) is 16.3. The Labute approximate surface area is 138 Å². The number of hydrogen-bond donors (Lipinski definition) is 1. The molecule has 0 atom stereocenters. The highest BCUT2D eigenvalue weighted by Gasteiger charge is 2.18. The van der Waals surface area contributed by atoms with Crippen LogP contribution in [-0.2, 0) is 5.41 Å². The lowest BCUT2D eigenvalue weighted by Crippen LogP contribution is -2.09. The molecule has 0 spiro atoms. The van der Waals surface area contributed by atoms with Gasteiger partial charge in [-0.05, 0) is 6.08 Å². The summed E-state index contributed by atoms with van der Waals surface area (Å²) in [5, 5.41) is 5.86. The maximum atomic E-state index is 5.75. The molecule has 3 aromatic heterocycles. The molecule has 3 rings (SSSR count). The van der Waals surface area contributed by atoms with Crippen LogP contribution in [-0.4, -0.2) is 19.9 Å². The van der Waals surface area contributed by atoms with E-state index in [9.17, 15) is 0 Å². The van der Waals surface area contributed by atoms with E-state index in [4.69, 9.17) is 4.42 Å². The lowest BCUT2D eigenvalue weighted by atomic mass is 9.94. The van der Waals surface area contributed by atoms with E-state index < -0.39 is 0 Å². The first-order valence-electron chi connectivity index (χ1n) is 7.13. The molecule has 0 aliphatic carbocycles. The summed E-state index contributed by atoms with van der Waals surface area (Å²) in [6.45, 7) is 6.26. The van der Waals surface area contributed by atoms with E-state index in [2.05, 4.69) is 46.0 Å². The molecule has 23 heavy (non-hydrogen) atoms. The van der Waals surface area contributed by atoms with Crippen molar-refractivity contribution in [3.63, 3.8) is 0 Å². The molecule has 0 unspecified atom stereocenters. The van der Waals surface area contributed by atoms with Crippen LogP contribution in [0, 0.1) is 0 Å². The highest BCUT2D eigenvalue weighted by molar-refractivity contribution is 7.13. The third kappa shape index (κ3) is 3.81. The molecule has 0 aliphatic heterocycles.